The lowest BCUT2D eigenvalue weighted by Crippen LogP contribution is -2.54. The van der Waals surface area contributed by atoms with Crippen LogP contribution in [0.15, 0.2) is 65.2 Å². The molecular weight excluding hydrogens is 491 g/mol. The summed E-state index contributed by atoms with van der Waals surface area (Å²) in [7, 11) is -2.10. The molecule has 1 fully saturated rings. The highest BCUT2D eigenvalue weighted by Crippen LogP contribution is 2.46. The van der Waals surface area contributed by atoms with Gasteiger partial charge in [-0.3, -0.25) is 0 Å². The minimum atomic E-state index is -3.67. The predicted octanol–water partition coefficient (Wildman–Crippen LogP) is 4.38. The van der Waals surface area contributed by atoms with Gasteiger partial charge >= 0.3 is 0 Å². The van der Waals surface area contributed by atoms with Gasteiger partial charge in [0, 0.05) is 25.0 Å². The van der Waals surface area contributed by atoms with Crippen LogP contribution in [0.4, 0.5) is 4.39 Å². The Bertz CT molecular complexity index is 1400. The number of hydrogen-bond acceptors (Lipinski definition) is 5. The molecule has 0 spiro atoms. The molecule has 0 amide bonds. The number of aromatic nitrogens is 2. The summed E-state index contributed by atoms with van der Waals surface area (Å²) in [4.78, 5) is 2.64. The van der Waals surface area contributed by atoms with Crippen LogP contribution in [0, 0.1) is 11.2 Å². The van der Waals surface area contributed by atoms with Crippen LogP contribution in [0.25, 0.3) is 11.8 Å². The van der Waals surface area contributed by atoms with E-state index < -0.39 is 10.0 Å². The van der Waals surface area contributed by atoms with E-state index in [1.165, 1.54) is 17.7 Å². The quantitative estimate of drug-likeness (QED) is 0.438. The van der Waals surface area contributed by atoms with E-state index in [0.29, 0.717) is 31.7 Å². The number of hydrogen-bond donors (Lipinski definition) is 0. The molecule has 5 rings (SSSR count). The maximum Gasteiger partial charge on any atom is 0.243 e. The standard InChI is InChI=1S/C28H33FN4O3S/c1-4-31(5-2)19-28-17-21-18-30-33(24-8-6-23(29)7-9-24)27(21)16-22(28)14-15-32(20-28)37(34,35)26-12-10-25(36-3)11-13-26/h6-13,16,18H,4-5,14-15,17,19-20H2,1-3H3. The van der Waals surface area contributed by atoms with Crippen LogP contribution in [-0.2, 0) is 16.4 Å². The molecule has 1 unspecified atom stereocenters. The summed E-state index contributed by atoms with van der Waals surface area (Å²) in [5.41, 5.74) is 3.76. The van der Waals surface area contributed by atoms with E-state index in [1.807, 2.05) is 10.9 Å². The molecule has 0 bridgehead atoms. The Labute approximate surface area is 218 Å². The van der Waals surface area contributed by atoms with Crippen LogP contribution in [0.1, 0.15) is 31.5 Å². The van der Waals surface area contributed by atoms with Gasteiger partial charge < -0.3 is 9.64 Å². The fourth-order valence-corrected chi connectivity index (χ4v) is 7.13. The van der Waals surface area contributed by atoms with Gasteiger partial charge in [-0.05, 0) is 86.1 Å². The summed E-state index contributed by atoms with van der Waals surface area (Å²) in [6.07, 6.45) is 5.40. The lowest BCUT2D eigenvalue weighted by molar-refractivity contribution is 0.137. The van der Waals surface area contributed by atoms with Gasteiger partial charge in [0.2, 0.25) is 10.0 Å². The third-order valence-corrected chi connectivity index (χ3v) is 9.57. The van der Waals surface area contributed by atoms with E-state index in [2.05, 4.69) is 29.9 Å². The maximum atomic E-state index is 13.7. The summed E-state index contributed by atoms with van der Waals surface area (Å²) >= 11 is 0. The maximum absolute atomic E-state index is 13.7. The molecule has 1 aliphatic heterocycles. The summed E-state index contributed by atoms with van der Waals surface area (Å²) in [5.74, 6) is 0.339. The molecule has 0 radical (unpaired) electrons. The lowest BCUT2D eigenvalue weighted by Gasteiger charge is -2.48. The molecule has 0 saturated carbocycles. The number of fused-ring (bicyclic) bond motifs is 2. The van der Waals surface area contributed by atoms with Crippen LogP contribution >= 0.6 is 0 Å². The van der Waals surface area contributed by atoms with Gasteiger partial charge in [0.05, 0.1) is 29.6 Å². The first kappa shape index (κ1) is 25.6. The molecule has 37 heavy (non-hydrogen) atoms. The summed E-state index contributed by atoms with van der Waals surface area (Å²) < 4.78 is 49.6. The number of piperidine rings is 1. The molecule has 7 nitrogen and oxygen atoms in total. The Morgan fingerprint density at radius 1 is 1.08 bits per heavy atom. The smallest absolute Gasteiger partial charge is 0.243 e. The van der Waals surface area contributed by atoms with Gasteiger partial charge in [0.1, 0.15) is 11.6 Å². The highest BCUT2D eigenvalue weighted by molar-refractivity contribution is 7.89. The second-order valence-corrected chi connectivity index (χ2v) is 11.7. The molecule has 9 heteroatoms. The minimum absolute atomic E-state index is 0.277. The third kappa shape index (κ3) is 4.71. The number of benzene rings is 2. The van der Waals surface area contributed by atoms with E-state index >= 15 is 0 Å². The number of sulfonamides is 1. The highest BCUT2D eigenvalue weighted by atomic mass is 32.2. The van der Waals surface area contributed by atoms with Crippen molar-refractivity contribution in [1.82, 2.24) is 19.0 Å². The Morgan fingerprint density at radius 2 is 1.78 bits per heavy atom. The van der Waals surface area contributed by atoms with Crippen molar-refractivity contribution in [3.63, 3.8) is 0 Å². The Kier molecular flexibility index (Phi) is 6.95. The monoisotopic (exact) mass is 524 g/mol. The van der Waals surface area contributed by atoms with Gasteiger partial charge in [-0.1, -0.05) is 19.4 Å². The van der Waals surface area contributed by atoms with Gasteiger partial charge in [0.25, 0.3) is 0 Å². The second-order valence-electron chi connectivity index (χ2n) is 9.80. The van der Waals surface area contributed by atoms with Crippen molar-refractivity contribution in [3.05, 3.63) is 77.4 Å². The molecular formula is C28H33FN4O3S. The molecule has 0 N–H and O–H groups in total. The third-order valence-electron chi connectivity index (χ3n) is 7.71. The lowest BCUT2D eigenvalue weighted by atomic mass is 9.68. The number of methoxy groups -OCH3 is 1. The van der Waals surface area contributed by atoms with Crippen LogP contribution in [0.2, 0.25) is 0 Å². The average molecular weight is 525 g/mol. The molecule has 2 aromatic carbocycles. The molecule has 1 aliphatic carbocycles. The fraction of sp³-hybridized carbons (Fsp3) is 0.393. The van der Waals surface area contributed by atoms with Gasteiger partial charge in [-0.15, -0.1) is 0 Å². The Hall–Kier alpha value is -3.01. The molecule has 2 aliphatic rings. The molecule has 1 saturated heterocycles. The van der Waals surface area contributed by atoms with Crippen molar-refractivity contribution < 1.29 is 17.5 Å². The Balaban J connectivity index is 1.52. The van der Waals surface area contributed by atoms with E-state index in [1.54, 1.807) is 47.8 Å². The molecule has 2 heterocycles. The molecule has 1 aromatic heterocycles. The van der Waals surface area contributed by atoms with E-state index in [9.17, 15) is 12.8 Å². The van der Waals surface area contributed by atoms with Crippen LogP contribution in [0.3, 0.4) is 0 Å². The summed E-state index contributed by atoms with van der Waals surface area (Å²) in [6, 6.07) is 12.9. The normalized spacial score (nSPS) is 19.9. The number of ether oxygens (including phenoxy) is 1. The zero-order chi connectivity index (χ0) is 26.2. The number of halogens is 1. The molecule has 3 aromatic rings. The van der Waals surface area contributed by atoms with Gasteiger partial charge in [0.15, 0.2) is 0 Å². The van der Waals surface area contributed by atoms with Crippen molar-refractivity contribution in [3.8, 4) is 11.4 Å². The van der Waals surface area contributed by atoms with Gasteiger partial charge in [-0.2, -0.15) is 9.40 Å². The van der Waals surface area contributed by atoms with E-state index in [0.717, 1.165) is 36.6 Å². The average Bonchev–Trinajstić information content (AvgIpc) is 3.32. The largest absolute Gasteiger partial charge is 0.497 e. The first-order valence-electron chi connectivity index (χ1n) is 12.7. The molecule has 196 valence electrons. The van der Waals surface area contributed by atoms with Crippen molar-refractivity contribution >= 4 is 16.1 Å². The van der Waals surface area contributed by atoms with Crippen LogP contribution in [-0.4, -0.2) is 67.2 Å². The summed E-state index contributed by atoms with van der Waals surface area (Å²) in [6.45, 7) is 7.64. The van der Waals surface area contributed by atoms with Crippen LogP contribution in [0.5, 0.6) is 5.75 Å². The topological polar surface area (TPSA) is 67.7 Å². The Morgan fingerprint density at radius 3 is 2.43 bits per heavy atom. The van der Waals surface area contributed by atoms with Crippen molar-refractivity contribution in [2.24, 2.45) is 5.41 Å². The zero-order valence-corrected chi connectivity index (χ0v) is 22.3. The minimum Gasteiger partial charge on any atom is -0.497 e. The fourth-order valence-electron chi connectivity index (χ4n) is 5.61. The van der Waals surface area contributed by atoms with E-state index in [-0.39, 0.29) is 16.1 Å². The first-order valence-corrected chi connectivity index (χ1v) is 14.1. The van der Waals surface area contributed by atoms with E-state index in [4.69, 9.17) is 4.74 Å². The van der Waals surface area contributed by atoms with Crippen molar-refractivity contribution in [2.45, 2.75) is 31.6 Å². The van der Waals surface area contributed by atoms with Gasteiger partial charge in [-0.25, -0.2) is 17.5 Å². The van der Waals surface area contributed by atoms with Crippen molar-refractivity contribution in [1.29, 1.82) is 0 Å². The zero-order valence-electron chi connectivity index (χ0n) is 21.5. The molecule has 1 atom stereocenters. The van der Waals surface area contributed by atoms with Crippen LogP contribution < -0.4 is 4.74 Å². The summed E-state index contributed by atoms with van der Waals surface area (Å²) in [5, 5.41) is 4.63. The number of rotatable bonds is 8. The predicted molar refractivity (Wildman–Crippen MR) is 142 cm³/mol. The SMILES string of the molecule is CCN(CC)CC12Cc3cnn(-c4ccc(F)cc4)c3C=C1CCN(S(=O)(=O)c1ccc(OC)cc1)C2. The highest BCUT2D eigenvalue weighted by Gasteiger charge is 2.46. The first-order chi connectivity index (χ1) is 17.8. The van der Waals surface area contributed by atoms with Crippen molar-refractivity contribution in [2.75, 3.05) is 39.8 Å². The second kappa shape index (κ2) is 10.0. The number of nitrogens with zero attached hydrogens (tertiary/aromatic N) is 4.